The third kappa shape index (κ3) is 5.77. The van der Waals surface area contributed by atoms with Gasteiger partial charge in [0.15, 0.2) is 0 Å². The average Bonchev–Trinajstić information content (AvgIpc) is 2.43. The molecule has 0 saturated heterocycles. The molecule has 0 aliphatic rings. The number of carbonyl (C=O) groups excluding carboxylic acids is 1. The van der Waals surface area contributed by atoms with Crippen LogP contribution < -0.4 is 0 Å². The number of nitrogens with zero attached hydrogens (tertiary/aromatic N) is 4. The van der Waals surface area contributed by atoms with Crippen LogP contribution in [0.1, 0.15) is 43.6 Å². The van der Waals surface area contributed by atoms with Crippen LogP contribution in [0.15, 0.2) is 23.3 Å². The SMILES string of the molecule is CC(C)N(C(=O)c1cc(C#C[Si](C)(C)C)cc(N=[N+]=[N-])c1)C(C)C. The van der Waals surface area contributed by atoms with E-state index in [0.717, 1.165) is 0 Å². The summed E-state index contributed by atoms with van der Waals surface area (Å²) < 4.78 is 0. The van der Waals surface area contributed by atoms with E-state index in [9.17, 15) is 4.79 Å². The summed E-state index contributed by atoms with van der Waals surface area (Å²) in [6.45, 7) is 14.4. The summed E-state index contributed by atoms with van der Waals surface area (Å²) in [4.78, 5) is 17.5. The first-order valence-electron chi connectivity index (χ1n) is 8.11. The van der Waals surface area contributed by atoms with Crippen molar-refractivity contribution < 1.29 is 4.79 Å². The third-order valence-corrected chi connectivity index (χ3v) is 4.13. The summed E-state index contributed by atoms with van der Waals surface area (Å²) >= 11 is 0. The van der Waals surface area contributed by atoms with Gasteiger partial charge in [0.1, 0.15) is 8.07 Å². The Kier molecular flexibility index (Phi) is 6.65. The number of rotatable bonds is 4. The number of hydrogen-bond donors (Lipinski definition) is 0. The Bertz CT molecular complexity index is 709. The summed E-state index contributed by atoms with van der Waals surface area (Å²) in [5.74, 6) is 3.06. The zero-order valence-corrected chi connectivity index (χ0v) is 16.6. The minimum Gasteiger partial charge on any atom is -0.334 e. The maximum Gasteiger partial charge on any atom is 0.254 e. The summed E-state index contributed by atoms with van der Waals surface area (Å²) in [5.41, 5.74) is 13.6. The van der Waals surface area contributed by atoms with E-state index in [-0.39, 0.29) is 18.0 Å². The fraction of sp³-hybridized carbons (Fsp3) is 0.500. The zero-order chi connectivity index (χ0) is 18.5. The molecule has 1 rings (SSSR count). The molecular formula is C18H26N4OSi. The van der Waals surface area contributed by atoms with Gasteiger partial charge in [-0.1, -0.05) is 30.7 Å². The Morgan fingerprint density at radius 2 is 1.75 bits per heavy atom. The van der Waals surface area contributed by atoms with Crippen LogP contribution in [0.25, 0.3) is 10.4 Å². The molecule has 0 heterocycles. The number of hydrogen-bond acceptors (Lipinski definition) is 2. The first-order valence-corrected chi connectivity index (χ1v) is 11.6. The first-order chi connectivity index (χ1) is 11.0. The smallest absolute Gasteiger partial charge is 0.254 e. The van der Waals surface area contributed by atoms with Gasteiger partial charge in [-0.25, -0.2) is 0 Å². The Morgan fingerprint density at radius 3 is 2.21 bits per heavy atom. The van der Waals surface area contributed by atoms with E-state index >= 15 is 0 Å². The second-order valence-corrected chi connectivity index (χ2v) is 12.1. The Hall–Kier alpha value is -2.22. The molecule has 0 bridgehead atoms. The first kappa shape index (κ1) is 19.8. The molecule has 0 fully saturated rings. The van der Waals surface area contributed by atoms with Crippen molar-refractivity contribution in [1.29, 1.82) is 0 Å². The average molecular weight is 343 g/mol. The Morgan fingerprint density at radius 1 is 1.17 bits per heavy atom. The van der Waals surface area contributed by atoms with E-state index in [4.69, 9.17) is 5.53 Å². The van der Waals surface area contributed by atoms with Crippen LogP contribution in [0.4, 0.5) is 5.69 Å². The predicted octanol–water partition coefficient (Wildman–Crippen LogP) is 5.12. The lowest BCUT2D eigenvalue weighted by atomic mass is 10.1. The second kappa shape index (κ2) is 8.05. The van der Waals surface area contributed by atoms with Gasteiger partial charge in [-0.15, -0.1) is 5.54 Å². The van der Waals surface area contributed by atoms with Crippen molar-refractivity contribution >= 4 is 19.7 Å². The molecule has 0 unspecified atom stereocenters. The number of azide groups is 1. The lowest BCUT2D eigenvalue weighted by Gasteiger charge is -2.31. The largest absolute Gasteiger partial charge is 0.334 e. The van der Waals surface area contributed by atoms with Crippen LogP contribution in [0.2, 0.25) is 19.6 Å². The highest BCUT2D eigenvalue weighted by molar-refractivity contribution is 6.83. The van der Waals surface area contributed by atoms with Crippen LogP contribution in [-0.2, 0) is 0 Å². The molecular weight excluding hydrogens is 316 g/mol. The minimum absolute atomic E-state index is 0.0777. The normalized spacial score (nSPS) is 10.9. The van der Waals surface area contributed by atoms with E-state index in [1.807, 2.05) is 32.6 Å². The summed E-state index contributed by atoms with van der Waals surface area (Å²) in [6, 6.07) is 5.29. The maximum absolute atomic E-state index is 12.9. The quantitative estimate of drug-likeness (QED) is 0.246. The highest BCUT2D eigenvalue weighted by atomic mass is 28.3. The Balaban J connectivity index is 3.41. The fourth-order valence-electron chi connectivity index (χ4n) is 2.39. The maximum atomic E-state index is 12.9. The van der Waals surface area contributed by atoms with Crippen molar-refractivity contribution in [2.24, 2.45) is 5.11 Å². The lowest BCUT2D eigenvalue weighted by molar-refractivity contribution is 0.0643. The van der Waals surface area contributed by atoms with Crippen molar-refractivity contribution in [2.45, 2.75) is 59.4 Å². The van der Waals surface area contributed by atoms with Gasteiger partial charge in [-0.05, 0) is 51.4 Å². The van der Waals surface area contributed by atoms with Crippen LogP contribution in [-0.4, -0.2) is 31.0 Å². The Labute approximate surface area is 145 Å². The van der Waals surface area contributed by atoms with Crippen molar-refractivity contribution in [3.63, 3.8) is 0 Å². The van der Waals surface area contributed by atoms with Gasteiger partial charge in [0, 0.05) is 33.8 Å². The molecule has 0 aromatic heterocycles. The predicted molar refractivity (Wildman–Crippen MR) is 102 cm³/mol. The molecule has 0 N–H and O–H groups in total. The minimum atomic E-state index is -1.54. The lowest BCUT2D eigenvalue weighted by Crippen LogP contribution is -2.42. The van der Waals surface area contributed by atoms with E-state index in [0.29, 0.717) is 16.8 Å². The molecule has 128 valence electrons. The summed E-state index contributed by atoms with van der Waals surface area (Å²) in [5, 5.41) is 3.66. The number of amides is 1. The summed E-state index contributed by atoms with van der Waals surface area (Å²) in [7, 11) is -1.54. The molecule has 0 radical (unpaired) electrons. The van der Waals surface area contributed by atoms with E-state index in [2.05, 4.69) is 41.1 Å². The molecule has 1 amide bonds. The molecule has 0 aliphatic carbocycles. The molecule has 0 aliphatic heterocycles. The van der Waals surface area contributed by atoms with Crippen molar-refractivity contribution in [3.05, 3.63) is 39.8 Å². The van der Waals surface area contributed by atoms with Crippen molar-refractivity contribution in [2.75, 3.05) is 0 Å². The van der Waals surface area contributed by atoms with Crippen LogP contribution >= 0.6 is 0 Å². The topological polar surface area (TPSA) is 69.1 Å². The molecule has 1 aromatic rings. The van der Waals surface area contributed by atoms with Crippen LogP contribution in [0.5, 0.6) is 0 Å². The zero-order valence-electron chi connectivity index (χ0n) is 15.6. The van der Waals surface area contributed by atoms with Gasteiger partial charge in [-0.3, -0.25) is 4.79 Å². The monoisotopic (exact) mass is 342 g/mol. The van der Waals surface area contributed by atoms with Gasteiger partial charge in [0.25, 0.3) is 5.91 Å². The van der Waals surface area contributed by atoms with Crippen molar-refractivity contribution in [1.82, 2.24) is 4.90 Å². The van der Waals surface area contributed by atoms with Gasteiger partial charge in [0.2, 0.25) is 0 Å². The number of carbonyl (C=O) groups is 1. The molecule has 5 nitrogen and oxygen atoms in total. The van der Waals surface area contributed by atoms with Gasteiger partial charge < -0.3 is 4.90 Å². The van der Waals surface area contributed by atoms with Crippen LogP contribution in [0, 0.1) is 11.5 Å². The standard InChI is InChI=1S/C18H26N4OSi/c1-13(2)22(14(3)4)18(23)16-10-15(8-9-24(5,6)7)11-17(12-16)20-21-19/h10-14H,1-7H3. The molecule has 0 saturated carbocycles. The molecule has 1 aromatic carbocycles. The number of benzene rings is 1. The fourth-order valence-corrected chi connectivity index (χ4v) is 2.91. The molecule has 0 spiro atoms. The highest BCUT2D eigenvalue weighted by Gasteiger charge is 2.22. The van der Waals surface area contributed by atoms with Crippen molar-refractivity contribution in [3.8, 4) is 11.5 Å². The molecule has 24 heavy (non-hydrogen) atoms. The van der Waals surface area contributed by atoms with Crippen LogP contribution in [0.3, 0.4) is 0 Å². The van der Waals surface area contributed by atoms with E-state index in [1.54, 1.807) is 18.2 Å². The second-order valence-electron chi connectivity index (χ2n) is 7.36. The van der Waals surface area contributed by atoms with E-state index in [1.165, 1.54) is 0 Å². The highest BCUT2D eigenvalue weighted by Crippen LogP contribution is 2.21. The van der Waals surface area contributed by atoms with E-state index < -0.39 is 8.07 Å². The van der Waals surface area contributed by atoms with Gasteiger partial charge in [-0.2, -0.15) is 0 Å². The third-order valence-electron chi connectivity index (χ3n) is 3.25. The molecule has 0 atom stereocenters. The van der Waals surface area contributed by atoms with Gasteiger partial charge >= 0.3 is 0 Å². The summed E-state index contributed by atoms with van der Waals surface area (Å²) in [6.07, 6.45) is 0. The molecule has 6 heteroatoms. The van der Waals surface area contributed by atoms with Gasteiger partial charge in [0.05, 0.1) is 0 Å².